The van der Waals surface area contributed by atoms with Gasteiger partial charge in [-0.25, -0.2) is 14.4 Å². The molecule has 0 saturated carbocycles. The first-order chi connectivity index (χ1) is 16.3. The Morgan fingerprint density at radius 2 is 1.74 bits per heavy atom. The summed E-state index contributed by atoms with van der Waals surface area (Å²) in [5.41, 5.74) is 5.11. The topological polar surface area (TPSA) is 63.9 Å². The van der Waals surface area contributed by atoms with Gasteiger partial charge in [0.1, 0.15) is 11.6 Å². The summed E-state index contributed by atoms with van der Waals surface area (Å²) in [4.78, 5) is 24.5. The number of hydrogen-bond donors (Lipinski definition) is 0. The average molecular weight is 476 g/mol. The van der Waals surface area contributed by atoms with Crippen molar-refractivity contribution in [3.63, 3.8) is 0 Å². The number of rotatable bonds is 4. The molecule has 2 aromatic carbocycles. The molecule has 1 aliphatic heterocycles. The third-order valence-electron chi connectivity index (χ3n) is 6.03. The Balaban J connectivity index is 1.71. The largest absolute Gasteiger partial charge is 0.292 e. The van der Waals surface area contributed by atoms with Gasteiger partial charge in [0, 0.05) is 34.3 Å². The van der Waals surface area contributed by atoms with Gasteiger partial charge in [-0.05, 0) is 62.2 Å². The molecule has 8 heteroatoms. The van der Waals surface area contributed by atoms with E-state index in [0.717, 1.165) is 33.8 Å². The normalized spacial score (nSPS) is 15.5. The van der Waals surface area contributed by atoms with Gasteiger partial charge in [0.25, 0.3) is 5.95 Å². The van der Waals surface area contributed by atoms with Crippen LogP contribution in [0.4, 0.5) is 10.2 Å². The summed E-state index contributed by atoms with van der Waals surface area (Å²) in [6.07, 6.45) is 0.273. The molecule has 4 aromatic rings. The minimum atomic E-state index is -0.319. The number of carbonyl (C=O) groups excluding carboxylic acids is 1. The third kappa shape index (κ3) is 4.07. The number of amides is 1. The summed E-state index contributed by atoms with van der Waals surface area (Å²) in [6, 6.07) is 15.6. The lowest BCUT2D eigenvalue weighted by Crippen LogP contribution is -2.38. The number of carbonyl (C=O) groups is 1. The molecule has 1 atom stereocenters. The Kier molecular flexibility index (Phi) is 5.65. The van der Waals surface area contributed by atoms with Crippen LogP contribution >= 0.6 is 11.6 Å². The maximum atomic E-state index is 13.6. The molecule has 1 aliphatic rings. The Morgan fingerprint density at radius 3 is 2.41 bits per heavy atom. The fraction of sp³-hybridized carbons (Fsp3) is 0.231. The number of fused-ring (bicyclic) bond motifs is 1. The Hall–Kier alpha value is -3.58. The van der Waals surface area contributed by atoms with Crippen molar-refractivity contribution >= 4 is 23.3 Å². The van der Waals surface area contributed by atoms with Gasteiger partial charge in [0.15, 0.2) is 0 Å². The zero-order chi connectivity index (χ0) is 24.0. The molecule has 2 aromatic heterocycles. The first kappa shape index (κ1) is 22.2. The van der Waals surface area contributed by atoms with Gasteiger partial charge in [0.2, 0.25) is 5.91 Å². The lowest BCUT2D eigenvalue weighted by Gasteiger charge is -2.33. The van der Waals surface area contributed by atoms with E-state index < -0.39 is 0 Å². The molecule has 0 N–H and O–H groups in total. The Bertz CT molecular complexity index is 1380. The van der Waals surface area contributed by atoms with Crippen LogP contribution in [0, 0.1) is 26.6 Å². The maximum absolute atomic E-state index is 13.6. The number of hydrogen-bond acceptors (Lipinski definition) is 4. The molecule has 34 heavy (non-hydrogen) atoms. The van der Waals surface area contributed by atoms with Crippen LogP contribution in [0.5, 0.6) is 0 Å². The molecule has 0 fully saturated rings. The highest BCUT2D eigenvalue weighted by molar-refractivity contribution is 6.30. The zero-order valence-electron chi connectivity index (χ0n) is 19.1. The second-order valence-electron chi connectivity index (χ2n) is 8.60. The number of halogens is 2. The van der Waals surface area contributed by atoms with Gasteiger partial charge in [0.05, 0.1) is 12.2 Å². The van der Waals surface area contributed by atoms with Crippen LogP contribution in [-0.4, -0.2) is 25.7 Å². The van der Waals surface area contributed by atoms with Crippen molar-refractivity contribution < 1.29 is 9.18 Å². The van der Waals surface area contributed by atoms with E-state index in [4.69, 9.17) is 16.7 Å². The fourth-order valence-electron chi connectivity index (χ4n) is 4.58. The third-order valence-corrected chi connectivity index (χ3v) is 6.27. The van der Waals surface area contributed by atoms with E-state index in [0.29, 0.717) is 16.8 Å². The summed E-state index contributed by atoms with van der Waals surface area (Å²) in [5.74, 6) is 0.455. The van der Waals surface area contributed by atoms with E-state index in [1.807, 2.05) is 51.1 Å². The van der Waals surface area contributed by atoms with Crippen molar-refractivity contribution in [3.05, 3.63) is 99.2 Å². The molecule has 6 nitrogen and oxygen atoms in total. The Labute approximate surface area is 202 Å². The van der Waals surface area contributed by atoms with Crippen LogP contribution in [0.15, 0.2) is 54.6 Å². The lowest BCUT2D eigenvalue weighted by atomic mass is 9.85. The molecular formula is C26H23ClFN5O. The molecule has 0 radical (unpaired) electrons. The quantitative estimate of drug-likeness (QED) is 0.394. The summed E-state index contributed by atoms with van der Waals surface area (Å²) < 4.78 is 15.2. The van der Waals surface area contributed by atoms with Gasteiger partial charge < -0.3 is 0 Å². The van der Waals surface area contributed by atoms with Crippen LogP contribution in [-0.2, 0) is 11.3 Å². The maximum Gasteiger partial charge on any atom is 0.252 e. The Morgan fingerprint density at radius 1 is 1.03 bits per heavy atom. The first-order valence-electron chi connectivity index (χ1n) is 11.0. The van der Waals surface area contributed by atoms with E-state index in [1.165, 1.54) is 12.1 Å². The molecule has 0 saturated heterocycles. The van der Waals surface area contributed by atoms with Crippen molar-refractivity contribution in [2.75, 3.05) is 4.90 Å². The van der Waals surface area contributed by atoms with Crippen LogP contribution in [0.3, 0.4) is 0 Å². The number of nitrogens with zero attached hydrogens (tertiary/aromatic N) is 5. The van der Waals surface area contributed by atoms with E-state index >= 15 is 0 Å². The smallest absolute Gasteiger partial charge is 0.252 e. The predicted molar refractivity (Wildman–Crippen MR) is 129 cm³/mol. The van der Waals surface area contributed by atoms with Crippen LogP contribution in [0.25, 0.3) is 5.95 Å². The molecule has 0 bridgehead atoms. The van der Waals surface area contributed by atoms with Crippen LogP contribution in [0.2, 0.25) is 5.02 Å². The highest BCUT2D eigenvalue weighted by atomic mass is 35.5. The zero-order valence-corrected chi connectivity index (χ0v) is 19.8. The monoisotopic (exact) mass is 475 g/mol. The van der Waals surface area contributed by atoms with Crippen molar-refractivity contribution in [1.82, 2.24) is 19.7 Å². The molecule has 0 unspecified atom stereocenters. The molecule has 3 heterocycles. The predicted octanol–water partition coefficient (Wildman–Crippen LogP) is 5.45. The van der Waals surface area contributed by atoms with Crippen molar-refractivity contribution in [1.29, 1.82) is 0 Å². The highest BCUT2D eigenvalue weighted by Crippen LogP contribution is 2.43. The van der Waals surface area contributed by atoms with E-state index in [2.05, 4.69) is 9.97 Å². The van der Waals surface area contributed by atoms with Gasteiger partial charge in [-0.2, -0.15) is 9.78 Å². The minimum absolute atomic E-state index is 0.0627. The summed E-state index contributed by atoms with van der Waals surface area (Å²) >= 11 is 6.29. The first-order valence-corrected chi connectivity index (χ1v) is 11.4. The van der Waals surface area contributed by atoms with Crippen LogP contribution in [0.1, 0.15) is 46.1 Å². The van der Waals surface area contributed by atoms with Gasteiger partial charge in [-0.15, -0.1) is 0 Å². The van der Waals surface area contributed by atoms with E-state index in [1.54, 1.807) is 21.7 Å². The average Bonchev–Trinajstić information content (AvgIpc) is 3.13. The molecule has 0 spiro atoms. The van der Waals surface area contributed by atoms with Crippen molar-refractivity contribution in [2.24, 2.45) is 0 Å². The second-order valence-corrected chi connectivity index (χ2v) is 9.04. The number of aryl methyl sites for hydroxylation is 3. The highest BCUT2D eigenvalue weighted by Gasteiger charge is 2.38. The molecule has 1 amide bonds. The molecule has 172 valence electrons. The summed E-state index contributed by atoms with van der Waals surface area (Å²) in [7, 11) is 0. The van der Waals surface area contributed by atoms with Crippen LogP contribution < -0.4 is 4.90 Å². The fourth-order valence-corrected chi connectivity index (χ4v) is 4.78. The number of benzene rings is 2. The number of anilines is 1. The molecule has 5 rings (SSSR count). The lowest BCUT2D eigenvalue weighted by molar-refractivity contribution is -0.119. The summed E-state index contributed by atoms with van der Waals surface area (Å²) in [5, 5.41) is 5.40. The minimum Gasteiger partial charge on any atom is -0.292 e. The van der Waals surface area contributed by atoms with E-state index in [-0.39, 0.29) is 30.6 Å². The molecule has 0 aliphatic carbocycles. The standard InChI is InChI=1S/C26H23ClFN5O/c1-15-11-16(2)30-26(29-15)33-25-24(17(3)31-33)22(19-5-4-6-20(27)12-19)13-23(34)32(25)14-18-7-9-21(28)10-8-18/h4-12,22H,13-14H2,1-3H3/t22-/m0/s1. The SMILES string of the molecule is Cc1cc(C)nc(-n2nc(C)c3c2N(Cc2ccc(F)cc2)C(=O)C[C@H]3c2cccc(Cl)c2)n1. The van der Waals surface area contributed by atoms with Crippen molar-refractivity contribution in [3.8, 4) is 5.95 Å². The summed E-state index contributed by atoms with van der Waals surface area (Å²) in [6.45, 7) is 6.01. The number of aromatic nitrogens is 4. The second kappa shape index (κ2) is 8.65. The van der Waals surface area contributed by atoms with Gasteiger partial charge in [-0.1, -0.05) is 35.9 Å². The molecular weight excluding hydrogens is 453 g/mol. The van der Waals surface area contributed by atoms with Crippen molar-refractivity contribution in [2.45, 2.75) is 39.7 Å². The van der Waals surface area contributed by atoms with Gasteiger partial charge >= 0.3 is 0 Å². The van der Waals surface area contributed by atoms with E-state index in [9.17, 15) is 9.18 Å². The van der Waals surface area contributed by atoms with Gasteiger partial charge in [-0.3, -0.25) is 9.69 Å².